The van der Waals surface area contributed by atoms with Crippen molar-refractivity contribution >= 4 is 38.9 Å². The van der Waals surface area contributed by atoms with Crippen molar-refractivity contribution in [3.8, 4) is 0 Å². The minimum Gasteiger partial charge on any atom is -0.344 e. The predicted octanol–water partition coefficient (Wildman–Crippen LogP) is 0.890. The Hall–Kier alpha value is -1.60. The van der Waals surface area contributed by atoms with Gasteiger partial charge in [0.2, 0.25) is 0 Å². The van der Waals surface area contributed by atoms with Gasteiger partial charge in [-0.3, -0.25) is 9.59 Å². The molecular weight excluding hydrogens is 316 g/mol. The van der Waals surface area contributed by atoms with Crippen LogP contribution in [0.25, 0.3) is 0 Å². The fourth-order valence-electron chi connectivity index (χ4n) is 2.08. The van der Waals surface area contributed by atoms with E-state index in [9.17, 15) is 18.0 Å². The molecule has 0 bridgehead atoms. The summed E-state index contributed by atoms with van der Waals surface area (Å²) in [5.41, 5.74) is 1.10. The standard InChI is InChI=1S/C13H15ClN2O4S/c1-8-10(14)3-2-4-11(8)16-13(18)12(17)15-9-5-6-21(19,20)7-9/h2-4,9H,5-7H2,1H3,(H,15,17)(H,16,18). The summed E-state index contributed by atoms with van der Waals surface area (Å²) in [6.07, 6.45) is 0.331. The maximum Gasteiger partial charge on any atom is 0.313 e. The van der Waals surface area contributed by atoms with Crippen LogP contribution >= 0.6 is 11.6 Å². The molecule has 0 radical (unpaired) electrons. The van der Waals surface area contributed by atoms with Gasteiger partial charge in [-0.15, -0.1) is 0 Å². The Morgan fingerprint density at radius 1 is 1.29 bits per heavy atom. The third-order valence-corrected chi connectivity index (χ3v) is 5.47. The normalized spacial score (nSPS) is 20.0. The van der Waals surface area contributed by atoms with Gasteiger partial charge in [-0.25, -0.2) is 8.42 Å². The molecule has 1 atom stereocenters. The molecule has 1 aliphatic heterocycles. The van der Waals surface area contributed by atoms with Crippen LogP contribution < -0.4 is 10.6 Å². The molecule has 2 rings (SSSR count). The molecule has 2 N–H and O–H groups in total. The van der Waals surface area contributed by atoms with Gasteiger partial charge in [0.1, 0.15) is 0 Å². The first-order valence-corrected chi connectivity index (χ1v) is 8.56. The lowest BCUT2D eigenvalue weighted by molar-refractivity contribution is -0.136. The van der Waals surface area contributed by atoms with Crippen molar-refractivity contribution in [2.24, 2.45) is 0 Å². The van der Waals surface area contributed by atoms with E-state index in [1.165, 1.54) is 0 Å². The smallest absolute Gasteiger partial charge is 0.313 e. The quantitative estimate of drug-likeness (QED) is 0.788. The summed E-state index contributed by atoms with van der Waals surface area (Å²) in [5, 5.41) is 5.37. The number of halogens is 1. The third kappa shape index (κ3) is 3.95. The number of carbonyl (C=O) groups is 2. The topological polar surface area (TPSA) is 92.3 Å². The maximum atomic E-state index is 11.8. The van der Waals surface area contributed by atoms with Crippen molar-refractivity contribution in [2.75, 3.05) is 16.8 Å². The second-order valence-corrected chi connectivity index (χ2v) is 7.58. The average molecular weight is 331 g/mol. The van der Waals surface area contributed by atoms with Gasteiger partial charge in [-0.05, 0) is 31.0 Å². The molecule has 21 heavy (non-hydrogen) atoms. The van der Waals surface area contributed by atoms with Gasteiger partial charge < -0.3 is 10.6 Å². The van der Waals surface area contributed by atoms with Crippen LogP contribution in [0.3, 0.4) is 0 Å². The van der Waals surface area contributed by atoms with Gasteiger partial charge >= 0.3 is 11.8 Å². The van der Waals surface area contributed by atoms with Gasteiger partial charge in [0.05, 0.1) is 11.5 Å². The zero-order valence-electron chi connectivity index (χ0n) is 11.3. The van der Waals surface area contributed by atoms with Crippen LogP contribution in [0, 0.1) is 6.92 Å². The van der Waals surface area contributed by atoms with E-state index in [1.807, 2.05) is 0 Å². The molecule has 1 aliphatic rings. The highest BCUT2D eigenvalue weighted by Crippen LogP contribution is 2.22. The molecule has 114 valence electrons. The van der Waals surface area contributed by atoms with Crippen molar-refractivity contribution in [1.29, 1.82) is 0 Å². The molecule has 6 nitrogen and oxygen atoms in total. The second kappa shape index (κ2) is 6.03. The second-order valence-electron chi connectivity index (χ2n) is 4.94. The van der Waals surface area contributed by atoms with Gasteiger partial charge in [-0.1, -0.05) is 17.7 Å². The van der Waals surface area contributed by atoms with Crippen molar-refractivity contribution in [2.45, 2.75) is 19.4 Å². The summed E-state index contributed by atoms with van der Waals surface area (Å²) in [5.74, 6) is -1.78. The maximum absolute atomic E-state index is 11.8. The molecule has 1 heterocycles. The minimum atomic E-state index is -3.10. The molecule has 8 heteroatoms. The number of rotatable bonds is 2. The van der Waals surface area contributed by atoms with E-state index in [1.54, 1.807) is 25.1 Å². The van der Waals surface area contributed by atoms with Crippen LogP contribution in [0.2, 0.25) is 5.02 Å². The molecule has 0 spiro atoms. The van der Waals surface area contributed by atoms with Crippen LogP contribution in [-0.2, 0) is 19.4 Å². The van der Waals surface area contributed by atoms with Crippen LogP contribution in [0.15, 0.2) is 18.2 Å². The highest BCUT2D eigenvalue weighted by molar-refractivity contribution is 7.91. The zero-order valence-corrected chi connectivity index (χ0v) is 12.9. The van der Waals surface area contributed by atoms with Crippen molar-refractivity contribution in [1.82, 2.24) is 5.32 Å². The first kappa shape index (κ1) is 15.8. The van der Waals surface area contributed by atoms with E-state index in [2.05, 4.69) is 10.6 Å². The first-order valence-electron chi connectivity index (χ1n) is 6.36. The Kier molecular flexibility index (Phi) is 4.53. The Morgan fingerprint density at radius 3 is 2.62 bits per heavy atom. The number of benzene rings is 1. The van der Waals surface area contributed by atoms with Crippen LogP contribution in [0.5, 0.6) is 0 Å². The minimum absolute atomic E-state index is 0.0347. The van der Waals surface area contributed by atoms with E-state index in [-0.39, 0.29) is 11.5 Å². The van der Waals surface area contributed by atoms with Crippen molar-refractivity contribution < 1.29 is 18.0 Å². The van der Waals surface area contributed by atoms with E-state index < -0.39 is 27.7 Å². The highest BCUT2D eigenvalue weighted by atomic mass is 35.5. The number of carbonyl (C=O) groups excluding carboxylic acids is 2. The molecule has 0 saturated carbocycles. The predicted molar refractivity (Wildman–Crippen MR) is 80.0 cm³/mol. The van der Waals surface area contributed by atoms with Crippen LogP contribution in [0.1, 0.15) is 12.0 Å². The van der Waals surface area contributed by atoms with Gasteiger partial charge in [0, 0.05) is 16.8 Å². The molecule has 1 saturated heterocycles. The van der Waals surface area contributed by atoms with Crippen molar-refractivity contribution in [3.63, 3.8) is 0 Å². The summed E-state index contributed by atoms with van der Waals surface area (Å²) < 4.78 is 22.6. The number of anilines is 1. The molecule has 0 aliphatic carbocycles. The monoisotopic (exact) mass is 330 g/mol. The number of nitrogens with one attached hydrogen (secondary N) is 2. The molecule has 1 aromatic carbocycles. The van der Waals surface area contributed by atoms with E-state index in [0.717, 1.165) is 0 Å². The first-order chi connectivity index (χ1) is 9.78. The van der Waals surface area contributed by atoms with Crippen molar-refractivity contribution in [3.05, 3.63) is 28.8 Å². The third-order valence-electron chi connectivity index (χ3n) is 3.29. The number of hydrogen-bond acceptors (Lipinski definition) is 4. The summed E-state index contributed by atoms with van der Waals surface area (Å²) in [6, 6.07) is 4.46. The Morgan fingerprint density at radius 2 is 2.00 bits per heavy atom. The summed E-state index contributed by atoms with van der Waals surface area (Å²) in [4.78, 5) is 23.6. The molecule has 1 aromatic rings. The lowest BCUT2D eigenvalue weighted by Crippen LogP contribution is -2.42. The Balaban J connectivity index is 1.97. The van der Waals surface area contributed by atoms with E-state index in [0.29, 0.717) is 22.7 Å². The Bertz CT molecular complexity index is 687. The lowest BCUT2D eigenvalue weighted by Gasteiger charge is -2.12. The molecular formula is C13H15ClN2O4S. The van der Waals surface area contributed by atoms with Gasteiger partial charge in [-0.2, -0.15) is 0 Å². The fourth-order valence-corrected chi connectivity index (χ4v) is 3.93. The molecule has 0 aromatic heterocycles. The SMILES string of the molecule is Cc1c(Cl)cccc1NC(=O)C(=O)NC1CCS(=O)(=O)C1. The number of sulfone groups is 1. The molecule has 1 fully saturated rings. The Labute approximate surface area is 127 Å². The van der Waals surface area contributed by atoms with E-state index >= 15 is 0 Å². The fraction of sp³-hybridized carbons (Fsp3) is 0.385. The molecule has 1 unspecified atom stereocenters. The number of amides is 2. The van der Waals surface area contributed by atoms with Gasteiger partial charge in [0.15, 0.2) is 9.84 Å². The largest absolute Gasteiger partial charge is 0.344 e. The highest BCUT2D eigenvalue weighted by Gasteiger charge is 2.30. The van der Waals surface area contributed by atoms with E-state index in [4.69, 9.17) is 11.6 Å². The van der Waals surface area contributed by atoms with Crippen LogP contribution in [0.4, 0.5) is 5.69 Å². The summed E-state index contributed by atoms with van der Waals surface area (Å²) in [7, 11) is -3.10. The van der Waals surface area contributed by atoms with Crippen LogP contribution in [-0.4, -0.2) is 37.8 Å². The summed E-state index contributed by atoms with van der Waals surface area (Å²) in [6.45, 7) is 1.72. The van der Waals surface area contributed by atoms with Gasteiger partial charge in [0.25, 0.3) is 0 Å². The number of hydrogen-bond donors (Lipinski definition) is 2. The summed E-state index contributed by atoms with van der Waals surface area (Å²) >= 11 is 5.93. The zero-order chi connectivity index (χ0) is 15.6. The lowest BCUT2D eigenvalue weighted by atomic mass is 10.2. The molecule has 2 amide bonds. The average Bonchev–Trinajstić information content (AvgIpc) is 2.74.